The Bertz CT molecular complexity index is 867. The average molecular weight is 348 g/mol. The van der Waals surface area contributed by atoms with Crippen LogP contribution in [0.5, 0.6) is 0 Å². The molecule has 0 N–H and O–H groups in total. The fourth-order valence-electron chi connectivity index (χ4n) is 3.55. The van der Waals surface area contributed by atoms with Gasteiger partial charge >= 0.3 is 0 Å². The summed E-state index contributed by atoms with van der Waals surface area (Å²) in [4.78, 5) is 15.8. The van der Waals surface area contributed by atoms with Gasteiger partial charge in [0.2, 0.25) is 0 Å². The van der Waals surface area contributed by atoms with Crippen LogP contribution in [0.3, 0.4) is 0 Å². The molecule has 0 radical (unpaired) electrons. The Kier molecular flexibility index (Phi) is 4.75. The lowest BCUT2D eigenvalue weighted by molar-refractivity contribution is 0.315. The van der Waals surface area contributed by atoms with Crippen LogP contribution >= 0.6 is 0 Å². The predicted octanol–water partition coefficient (Wildman–Crippen LogP) is 3.23. The van der Waals surface area contributed by atoms with Crippen molar-refractivity contribution in [1.29, 1.82) is 0 Å². The molecule has 0 unspecified atom stereocenters. The smallest absolute Gasteiger partial charge is 0.181 e. The maximum absolute atomic E-state index is 4.91. The predicted molar refractivity (Wildman–Crippen MR) is 101 cm³/mol. The van der Waals surface area contributed by atoms with Gasteiger partial charge in [-0.25, -0.2) is 9.67 Å². The molecule has 134 valence electrons. The van der Waals surface area contributed by atoms with Gasteiger partial charge in [-0.2, -0.15) is 0 Å². The van der Waals surface area contributed by atoms with E-state index in [-0.39, 0.29) is 0 Å². The summed E-state index contributed by atoms with van der Waals surface area (Å²) in [6, 6.07) is 7.94. The van der Waals surface area contributed by atoms with Crippen LogP contribution in [0.25, 0.3) is 17.1 Å². The van der Waals surface area contributed by atoms with Crippen molar-refractivity contribution in [2.75, 3.05) is 19.6 Å². The van der Waals surface area contributed by atoms with Crippen LogP contribution in [0.15, 0.2) is 42.9 Å². The fourth-order valence-corrected chi connectivity index (χ4v) is 3.55. The third kappa shape index (κ3) is 3.51. The van der Waals surface area contributed by atoms with Crippen LogP contribution in [-0.4, -0.2) is 49.3 Å². The number of aromatic nitrogens is 5. The van der Waals surface area contributed by atoms with Gasteiger partial charge in [-0.05, 0) is 57.1 Å². The maximum atomic E-state index is 4.91. The molecule has 0 aromatic carbocycles. The molecule has 4 rings (SSSR count). The van der Waals surface area contributed by atoms with Crippen LogP contribution in [0.1, 0.15) is 37.2 Å². The van der Waals surface area contributed by atoms with E-state index in [9.17, 15) is 0 Å². The molecule has 1 fully saturated rings. The number of hydrogen-bond acceptors (Lipinski definition) is 5. The normalized spacial score (nSPS) is 16.1. The SMILES string of the molecule is Cc1cc(-n2nc(-c3ccncc3)nc2[C@H](C)CN2CCCC2)ccn1. The van der Waals surface area contributed by atoms with Gasteiger partial charge in [0.15, 0.2) is 5.82 Å². The first-order chi connectivity index (χ1) is 12.7. The van der Waals surface area contributed by atoms with Gasteiger partial charge in [0.25, 0.3) is 0 Å². The summed E-state index contributed by atoms with van der Waals surface area (Å²) in [6.45, 7) is 7.62. The van der Waals surface area contributed by atoms with Crippen molar-refractivity contribution in [2.24, 2.45) is 0 Å². The van der Waals surface area contributed by atoms with Gasteiger partial charge in [-0.15, -0.1) is 5.10 Å². The molecule has 0 aliphatic carbocycles. The highest BCUT2D eigenvalue weighted by Gasteiger charge is 2.22. The van der Waals surface area contributed by atoms with Crippen molar-refractivity contribution in [2.45, 2.75) is 32.6 Å². The van der Waals surface area contributed by atoms with E-state index >= 15 is 0 Å². The average Bonchev–Trinajstić information content (AvgIpc) is 3.32. The van der Waals surface area contributed by atoms with E-state index in [0.29, 0.717) is 5.92 Å². The first-order valence-corrected chi connectivity index (χ1v) is 9.23. The molecule has 26 heavy (non-hydrogen) atoms. The zero-order valence-electron chi connectivity index (χ0n) is 15.3. The lowest BCUT2D eigenvalue weighted by Gasteiger charge is -2.20. The number of aryl methyl sites for hydroxylation is 1. The highest BCUT2D eigenvalue weighted by molar-refractivity contribution is 5.54. The first-order valence-electron chi connectivity index (χ1n) is 9.23. The number of likely N-dealkylation sites (tertiary alicyclic amines) is 1. The molecule has 1 saturated heterocycles. The van der Waals surface area contributed by atoms with Crippen molar-refractivity contribution < 1.29 is 0 Å². The van der Waals surface area contributed by atoms with Gasteiger partial charge in [0.05, 0.1) is 5.69 Å². The summed E-state index contributed by atoms with van der Waals surface area (Å²) in [5.74, 6) is 2.03. The van der Waals surface area contributed by atoms with Gasteiger partial charge in [-0.1, -0.05) is 6.92 Å². The molecule has 0 bridgehead atoms. The molecule has 1 aliphatic heterocycles. The van der Waals surface area contributed by atoms with Crippen molar-refractivity contribution in [3.8, 4) is 17.1 Å². The molecule has 0 saturated carbocycles. The second-order valence-corrected chi connectivity index (χ2v) is 7.01. The van der Waals surface area contributed by atoms with Crippen LogP contribution in [0.2, 0.25) is 0 Å². The largest absolute Gasteiger partial charge is 0.303 e. The highest BCUT2D eigenvalue weighted by atomic mass is 15.4. The Morgan fingerprint density at radius 3 is 2.58 bits per heavy atom. The minimum absolute atomic E-state index is 0.296. The standard InChI is InChI=1S/C20H24N6/c1-15(14-25-11-3-4-12-25)20-23-19(17-5-8-21-9-6-17)24-26(20)18-7-10-22-16(2)13-18/h5-10,13,15H,3-4,11-12,14H2,1-2H3/t15-/m1/s1. The molecule has 1 atom stereocenters. The Morgan fingerprint density at radius 2 is 1.85 bits per heavy atom. The van der Waals surface area contributed by atoms with Crippen LogP contribution in [0, 0.1) is 6.92 Å². The molecule has 0 spiro atoms. The van der Waals surface area contributed by atoms with Gasteiger partial charge < -0.3 is 4.90 Å². The molecule has 3 aromatic rings. The third-order valence-electron chi connectivity index (χ3n) is 4.87. The van der Waals surface area contributed by atoms with Crippen molar-refractivity contribution in [3.63, 3.8) is 0 Å². The van der Waals surface area contributed by atoms with Gasteiger partial charge in [-0.3, -0.25) is 9.97 Å². The van der Waals surface area contributed by atoms with Crippen LogP contribution < -0.4 is 0 Å². The van der Waals surface area contributed by atoms with Crippen LogP contribution in [-0.2, 0) is 0 Å². The van der Waals surface area contributed by atoms with E-state index in [2.05, 4.69) is 27.9 Å². The monoisotopic (exact) mass is 348 g/mol. The molecular weight excluding hydrogens is 324 g/mol. The number of nitrogens with zero attached hydrogens (tertiary/aromatic N) is 6. The van der Waals surface area contributed by atoms with Crippen molar-refractivity contribution >= 4 is 0 Å². The number of pyridine rings is 2. The number of hydrogen-bond donors (Lipinski definition) is 0. The fraction of sp³-hybridized carbons (Fsp3) is 0.400. The number of rotatable bonds is 5. The van der Waals surface area contributed by atoms with E-state index in [4.69, 9.17) is 10.1 Å². The molecule has 0 amide bonds. The summed E-state index contributed by atoms with van der Waals surface area (Å²) < 4.78 is 1.98. The first kappa shape index (κ1) is 16.8. The molecule has 4 heterocycles. The van der Waals surface area contributed by atoms with Crippen molar-refractivity contribution in [3.05, 3.63) is 54.4 Å². The highest BCUT2D eigenvalue weighted by Crippen LogP contribution is 2.24. The Balaban J connectivity index is 1.73. The van der Waals surface area contributed by atoms with Gasteiger partial charge in [0.1, 0.15) is 5.82 Å². The lowest BCUT2D eigenvalue weighted by atomic mass is 10.1. The minimum atomic E-state index is 0.296. The molecule has 6 nitrogen and oxygen atoms in total. The Morgan fingerprint density at radius 1 is 1.08 bits per heavy atom. The lowest BCUT2D eigenvalue weighted by Crippen LogP contribution is -2.25. The zero-order chi connectivity index (χ0) is 17.9. The summed E-state index contributed by atoms with van der Waals surface area (Å²) in [6.07, 6.45) is 7.98. The second kappa shape index (κ2) is 7.33. The minimum Gasteiger partial charge on any atom is -0.303 e. The molecule has 6 heteroatoms. The van der Waals surface area contributed by atoms with E-state index in [0.717, 1.165) is 35.1 Å². The van der Waals surface area contributed by atoms with Crippen molar-refractivity contribution in [1.82, 2.24) is 29.6 Å². The summed E-state index contributed by atoms with van der Waals surface area (Å²) in [5, 5.41) is 4.82. The third-order valence-corrected chi connectivity index (χ3v) is 4.87. The van der Waals surface area contributed by atoms with E-state index in [1.54, 1.807) is 12.4 Å². The molecule has 3 aromatic heterocycles. The molecule has 1 aliphatic rings. The second-order valence-electron chi connectivity index (χ2n) is 7.01. The Labute approximate surface area is 153 Å². The maximum Gasteiger partial charge on any atom is 0.181 e. The van der Waals surface area contributed by atoms with E-state index in [1.807, 2.05) is 36.0 Å². The summed E-state index contributed by atoms with van der Waals surface area (Å²) in [7, 11) is 0. The Hall–Kier alpha value is -2.60. The van der Waals surface area contributed by atoms with E-state index < -0.39 is 0 Å². The van der Waals surface area contributed by atoms with Crippen LogP contribution in [0.4, 0.5) is 0 Å². The van der Waals surface area contributed by atoms with E-state index in [1.165, 1.54) is 25.9 Å². The summed E-state index contributed by atoms with van der Waals surface area (Å²) >= 11 is 0. The topological polar surface area (TPSA) is 59.7 Å². The quantitative estimate of drug-likeness (QED) is 0.708. The zero-order valence-corrected chi connectivity index (χ0v) is 15.3. The molecular formula is C20H24N6. The summed E-state index contributed by atoms with van der Waals surface area (Å²) in [5.41, 5.74) is 2.97. The van der Waals surface area contributed by atoms with Gasteiger partial charge in [0, 0.05) is 42.3 Å².